The molecule has 2 aromatic carbocycles. The molecule has 0 amide bonds. The largest absolute Gasteiger partial charge is 0.494 e. The monoisotopic (exact) mass is 576 g/mol. The Morgan fingerprint density at radius 2 is 1.80 bits per heavy atom. The Hall–Kier alpha value is -3.32. The van der Waals surface area contributed by atoms with E-state index in [9.17, 15) is 13.2 Å². The summed E-state index contributed by atoms with van der Waals surface area (Å²) in [5, 5.41) is 0. The number of esters is 1. The van der Waals surface area contributed by atoms with E-state index in [0.717, 1.165) is 53.0 Å². The third kappa shape index (κ3) is 6.61. The van der Waals surface area contributed by atoms with Gasteiger partial charge in [0.2, 0.25) is 0 Å². The van der Waals surface area contributed by atoms with Crippen molar-refractivity contribution in [3.63, 3.8) is 0 Å². The summed E-state index contributed by atoms with van der Waals surface area (Å²) in [4.78, 5) is 12.2. The molecule has 1 fully saturated rings. The molecule has 3 atom stereocenters. The van der Waals surface area contributed by atoms with Crippen LogP contribution in [-0.4, -0.2) is 40.1 Å². The fraction of sp³-hybridized carbons (Fsp3) is 0.441. The van der Waals surface area contributed by atoms with Crippen molar-refractivity contribution < 1.29 is 27.4 Å². The first kappa shape index (κ1) is 29.2. The Labute approximate surface area is 244 Å². The number of carbonyl (C=O) groups is 1. The molecular weight excluding hydrogens is 536 g/mol. The van der Waals surface area contributed by atoms with Crippen molar-refractivity contribution in [1.29, 1.82) is 0 Å². The molecule has 7 heteroatoms. The minimum Gasteiger partial charge on any atom is -0.494 e. The van der Waals surface area contributed by atoms with Crippen molar-refractivity contribution in [2.24, 2.45) is 17.8 Å². The number of hydrogen-bond acceptors (Lipinski definition) is 6. The van der Waals surface area contributed by atoms with E-state index < -0.39 is 9.84 Å². The maximum Gasteiger partial charge on any atom is 0.309 e. The quantitative estimate of drug-likeness (QED) is 0.220. The molecule has 0 aliphatic heterocycles. The van der Waals surface area contributed by atoms with Gasteiger partial charge in [-0.1, -0.05) is 36.8 Å². The molecule has 0 radical (unpaired) electrons. The smallest absolute Gasteiger partial charge is 0.309 e. The molecule has 6 nitrogen and oxygen atoms in total. The Balaban J connectivity index is 1.27. The van der Waals surface area contributed by atoms with Gasteiger partial charge in [-0.05, 0) is 102 Å². The van der Waals surface area contributed by atoms with E-state index >= 15 is 0 Å². The summed E-state index contributed by atoms with van der Waals surface area (Å²) in [5.74, 6) is 2.45. The summed E-state index contributed by atoms with van der Waals surface area (Å²) >= 11 is 0. The third-order valence-corrected chi connectivity index (χ3v) is 9.48. The zero-order chi connectivity index (χ0) is 29.3. The lowest BCUT2D eigenvalue weighted by Gasteiger charge is -2.16. The summed E-state index contributed by atoms with van der Waals surface area (Å²) in [5.41, 5.74) is 9.54. The topological polar surface area (TPSA) is 78.9 Å². The van der Waals surface area contributed by atoms with Gasteiger partial charge in [0, 0.05) is 18.6 Å². The molecule has 0 spiro atoms. The van der Waals surface area contributed by atoms with Gasteiger partial charge in [-0.25, -0.2) is 8.42 Å². The molecule has 1 saturated carbocycles. The van der Waals surface area contributed by atoms with Gasteiger partial charge in [-0.3, -0.25) is 4.79 Å². The molecule has 218 valence electrons. The average molecular weight is 577 g/mol. The van der Waals surface area contributed by atoms with Gasteiger partial charge in [0.05, 0.1) is 25.4 Å². The normalized spacial score (nSPS) is 21.3. The lowest BCUT2D eigenvalue weighted by Crippen LogP contribution is -2.08. The van der Waals surface area contributed by atoms with Crippen molar-refractivity contribution in [2.45, 2.75) is 53.1 Å². The molecule has 0 saturated heterocycles. The highest BCUT2D eigenvalue weighted by Crippen LogP contribution is 2.62. The molecule has 5 rings (SSSR count). The van der Waals surface area contributed by atoms with E-state index in [4.69, 9.17) is 14.2 Å². The first-order chi connectivity index (χ1) is 19.6. The van der Waals surface area contributed by atoms with Crippen molar-refractivity contribution in [3.8, 4) is 16.9 Å². The average Bonchev–Trinajstić information content (AvgIpc) is 3.58. The van der Waals surface area contributed by atoms with Crippen molar-refractivity contribution >= 4 is 15.8 Å². The second-order valence-corrected chi connectivity index (χ2v) is 13.9. The van der Waals surface area contributed by atoms with Crippen LogP contribution in [0.1, 0.15) is 49.3 Å². The number of sulfone groups is 1. The number of ether oxygens (including phenoxy) is 3. The van der Waals surface area contributed by atoms with Crippen LogP contribution in [0.25, 0.3) is 11.1 Å². The molecule has 3 aliphatic carbocycles. The second-order valence-electron chi connectivity index (χ2n) is 11.6. The highest BCUT2D eigenvalue weighted by molar-refractivity contribution is 7.90. The maximum absolute atomic E-state index is 12.2. The van der Waals surface area contributed by atoms with Crippen LogP contribution in [0.5, 0.6) is 5.75 Å². The number of methoxy groups -OCH3 is 1. The predicted octanol–water partition coefficient (Wildman–Crippen LogP) is 6.66. The first-order valence-corrected chi connectivity index (χ1v) is 16.5. The Morgan fingerprint density at radius 3 is 2.49 bits per heavy atom. The number of hydrogen-bond donors (Lipinski definition) is 0. The molecule has 2 aromatic rings. The maximum atomic E-state index is 12.2. The summed E-state index contributed by atoms with van der Waals surface area (Å²) in [6, 6.07) is 12.5. The zero-order valence-corrected chi connectivity index (χ0v) is 25.5. The first-order valence-electron chi connectivity index (χ1n) is 14.4. The predicted molar refractivity (Wildman–Crippen MR) is 161 cm³/mol. The summed E-state index contributed by atoms with van der Waals surface area (Å²) < 4.78 is 40.0. The van der Waals surface area contributed by atoms with E-state index in [1.165, 1.54) is 35.6 Å². The van der Waals surface area contributed by atoms with Crippen molar-refractivity contribution in [3.05, 3.63) is 87.7 Å². The number of rotatable bonds is 11. The van der Waals surface area contributed by atoms with Crippen LogP contribution >= 0.6 is 0 Å². The molecule has 3 unspecified atom stereocenters. The van der Waals surface area contributed by atoms with Crippen LogP contribution in [0, 0.1) is 31.6 Å². The van der Waals surface area contributed by atoms with Gasteiger partial charge < -0.3 is 14.2 Å². The molecule has 0 N–H and O–H groups in total. The number of carbonyl (C=O) groups excluding carboxylic acids is 1. The van der Waals surface area contributed by atoms with Crippen molar-refractivity contribution in [2.75, 3.05) is 25.7 Å². The lowest BCUT2D eigenvalue weighted by atomic mass is 9.94. The highest BCUT2D eigenvalue weighted by atomic mass is 32.2. The molecule has 41 heavy (non-hydrogen) atoms. The van der Waals surface area contributed by atoms with E-state index in [1.807, 2.05) is 12.1 Å². The van der Waals surface area contributed by atoms with Gasteiger partial charge in [-0.2, -0.15) is 0 Å². The van der Waals surface area contributed by atoms with Crippen LogP contribution in [0.2, 0.25) is 0 Å². The lowest BCUT2D eigenvalue weighted by molar-refractivity contribution is -0.142. The zero-order valence-electron chi connectivity index (χ0n) is 24.7. The number of aryl methyl sites for hydroxylation is 2. The molecule has 0 aromatic heterocycles. The SMILES string of the molecule is CCC1=CC2=C(C=C(OCc3cccc(-c4c(C)cc(OCCCS(C)(=O)=O)cc4C)c3)C1)CC1C(C(=O)OC)C21. The number of fused-ring (bicyclic) bond motifs is 2. The van der Waals surface area contributed by atoms with Crippen LogP contribution in [0.4, 0.5) is 0 Å². The molecule has 0 bridgehead atoms. The van der Waals surface area contributed by atoms with E-state index in [0.29, 0.717) is 31.5 Å². The van der Waals surface area contributed by atoms with Gasteiger partial charge in [0.25, 0.3) is 0 Å². The fourth-order valence-corrected chi connectivity index (χ4v) is 7.09. The van der Waals surface area contributed by atoms with Crippen LogP contribution in [-0.2, 0) is 30.7 Å². The standard InChI is InChI=1S/C34H40O6S/c1-6-23-16-28(18-26-19-30-32(29(26)17-23)33(30)34(35)38-4)40-20-24-9-7-10-25(15-24)31-21(2)13-27(14-22(31)3)39-11-8-12-41(5,36)37/h7,9-10,13-15,17-18,30,32-33H,6,8,11-12,16,19-20H2,1-5H3. The van der Waals surface area contributed by atoms with Gasteiger partial charge in [0.15, 0.2) is 0 Å². The fourth-order valence-electron chi connectivity index (χ4n) is 6.45. The van der Waals surface area contributed by atoms with E-state index in [2.05, 4.69) is 57.2 Å². The second kappa shape index (κ2) is 11.9. The highest BCUT2D eigenvalue weighted by Gasteiger charge is 2.60. The molecular formula is C34H40O6S. The van der Waals surface area contributed by atoms with Gasteiger partial charge in [0.1, 0.15) is 28.0 Å². The Kier molecular flexibility index (Phi) is 8.46. The summed E-state index contributed by atoms with van der Waals surface area (Å²) in [7, 11) is -1.51. The number of allylic oxidation sites excluding steroid dienone is 5. The molecule has 3 aliphatic rings. The number of benzene rings is 2. The summed E-state index contributed by atoms with van der Waals surface area (Å²) in [6.45, 7) is 7.18. The third-order valence-electron chi connectivity index (χ3n) is 8.45. The summed E-state index contributed by atoms with van der Waals surface area (Å²) in [6.07, 6.45) is 8.88. The molecule has 0 heterocycles. The Morgan fingerprint density at radius 1 is 1.05 bits per heavy atom. The minimum absolute atomic E-state index is 0.0131. The van der Waals surface area contributed by atoms with E-state index in [1.54, 1.807) is 0 Å². The van der Waals surface area contributed by atoms with Crippen LogP contribution in [0.3, 0.4) is 0 Å². The minimum atomic E-state index is -2.98. The van der Waals surface area contributed by atoms with Crippen LogP contribution in [0.15, 0.2) is 71.0 Å². The van der Waals surface area contributed by atoms with E-state index in [-0.39, 0.29) is 17.6 Å². The van der Waals surface area contributed by atoms with Crippen molar-refractivity contribution in [1.82, 2.24) is 0 Å². The van der Waals surface area contributed by atoms with Gasteiger partial charge >= 0.3 is 5.97 Å². The van der Waals surface area contributed by atoms with Crippen LogP contribution < -0.4 is 4.74 Å². The Bertz CT molecular complexity index is 1520. The van der Waals surface area contributed by atoms with Gasteiger partial charge in [-0.15, -0.1) is 0 Å².